The third-order valence-electron chi connectivity index (χ3n) is 9.91. The van der Waals surface area contributed by atoms with E-state index in [2.05, 4.69) is 13.8 Å². The lowest BCUT2D eigenvalue weighted by Gasteiger charge is -2.12. The van der Waals surface area contributed by atoms with Gasteiger partial charge in [-0.3, -0.25) is 4.79 Å². The summed E-state index contributed by atoms with van der Waals surface area (Å²) in [4.78, 5) is 11.7. The Kier molecular flexibility index (Phi) is 37.2. The second-order valence-corrected chi connectivity index (χ2v) is 14.3. The number of carbonyl (C=O) groups is 1. The van der Waals surface area contributed by atoms with E-state index in [9.17, 15) is 9.90 Å². The SMILES string of the molecule is CCCCCCCCCCCCCCCCCCCCCCCCCC(CCCCCCCCCCCCCC)C(=O)O. The lowest BCUT2D eigenvalue weighted by molar-refractivity contribution is -0.142. The van der Waals surface area contributed by atoms with Crippen LogP contribution in [0.2, 0.25) is 0 Å². The fourth-order valence-electron chi connectivity index (χ4n) is 6.80. The zero-order valence-corrected chi connectivity index (χ0v) is 30.1. The molecule has 43 heavy (non-hydrogen) atoms. The molecule has 2 nitrogen and oxygen atoms in total. The molecule has 0 fully saturated rings. The standard InChI is InChI=1S/C41H82O2/c1-3-5-7-9-11-13-15-17-18-19-20-21-22-23-24-25-26-27-29-31-33-35-37-39-40(41(42)43)38-36-34-32-30-28-16-14-12-10-8-6-4-2/h40H,3-39H2,1-2H3,(H,42,43). The van der Waals surface area contributed by atoms with Crippen molar-refractivity contribution in [2.24, 2.45) is 5.92 Å². The first-order valence-corrected chi connectivity index (χ1v) is 20.4. The van der Waals surface area contributed by atoms with Gasteiger partial charge in [-0.2, -0.15) is 0 Å². The third-order valence-corrected chi connectivity index (χ3v) is 9.91. The predicted octanol–water partition coefficient (Wildman–Crippen LogP) is 15.2. The topological polar surface area (TPSA) is 37.3 Å². The molecule has 0 aliphatic rings. The highest BCUT2D eigenvalue weighted by atomic mass is 16.4. The van der Waals surface area contributed by atoms with Gasteiger partial charge < -0.3 is 5.11 Å². The van der Waals surface area contributed by atoms with Crippen molar-refractivity contribution in [1.82, 2.24) is 0 Å². The molecule has 0 bridgehead atoms. The van der Waals surface area contributed by atoms with Crippen LogP contribution in [0.15, 0.2) is 0 Å². The second-order valence-electron chi connectivity index (χ2n) is 14.3. The monoisotopic (exact) mass is 607 g/mol. The number of carboxylic acid groups (broad SMARTS) is 1. The molecule has 0 aromatic heterocycles. The molecule has 0 aliphatic carbocycles. The van der Waals surface area contributed by atoms with E-state index >= 15 is 0 Å². The molecule has 0 saturated carbocycles. The Morgan fingerprint density at radius 2 is 0.488 bits per heavy atom. The van der Waals surface area contributed by atoms with Crippen LogP contribution >= 0.6 is 0 Å². The molecule has 0 rings (SSSR count). The van der Waals surface area contributed by atoms with E-state index in [4.69, 9.17) is 0 Å². The molecule has 258 valence electrons. The molecule has 0 aromatic rings. The summed E-state index contributed by atoms with van der Waals surface area (Å²) in [6, 6.07) is 0. The zero-order valence-electron chi connectivity index (χ0n) is 30.1. The summed E-state index contributed by atoms with van der Waals surface area (Å²) in [6.07, 6.45) is 50.3. The van der Waals surface area contributed by atoms with Crippen molar-refractivity contribution in [2.75, 3.05) is 0 Å². The van der Waals surface area contributed by atoms with Gasteiger partial charge in [-0.15, -0.1) is 0 Å². The van der Waals surface area contributed by atoms with Gasteiger partial charge in [0.05, 0.1) is 5.92 Å². The van der Waals surface area contributed by atoms with E-state index in [1.165, 1.54) is 212 Å². The van der Waals surface area contributed by atoms with Crippen LogP contribution in [0.5, 0.6) is 0 Å². The summed E-state index contributed by atoms with van der Waals surface area (Å²) in [6.45, 7) is 4.58. The van der Waals surface area contributed by atoms with Crippen LogP contribution in [0.4, 0.5) is 0 Å². The number of hydrogen-bond acceptors (Lipinski definition) is 1. The molecular formula is C41H82O2. The summed E-state index contributed by atoms with van der Waals surface area (Å²) in [5, 5.41) is 9.63. The van der Waals surface area contributed by atoms with Crippen LogP contribution in [-0.4, -0.2) is 11.1 Å². The van der Waals surface area contributed by atoms with Gasteiger partial charge in [0.2, 0.25) is 0 Å². The van der Waals surface area contributed by atoms with Crippen LogP contribution in [0.25, 0.3) is 0 Å². The van der Waals surface area contributed by atoms with Gasteiger partial charge in [0.15, 0.2) is 0 Å². The molecule has 1 atom stereocenters. The molecule has 0 radical (unpaired) electrons. The lowest BCUT2D eigenvalue weighted by atomic mass is 9.94. The maximum atomic E-state index is 11.7. The first-order valence-electron chi connectivity index (χ1n) is 20.4. The van der Waals surface area contributed by atoms with E-state index in [1.54, 1.807) is 0 Å². The van der Waals surface area contributed by atoms with Crippen molar-refractivity contribution < 1.29 is 9.90 Å². The van der Waals surface area contributed by atoms with Gasteiger partial charge in [0, 0.05) is 0 Å². The normalized spacial score (nSPS) is 12.2. The third kappa shape index (κ3) is 35.8. The first kappa shape index (κ1) is 42.5. The summed E-state index contributed by atoms with van der Waals surface area (Å²) < 4.78 is 0. The number of rotatable bonds is 38. The average Bonchev–Trinajstić information content (AvgIpc) is 3.00. The minimum absolute atomic E-state index is 0.0991. The minimum atomic E-state index is -0.554. The molecule has 1 N–H and O–H groups in total. The van der Waals surface area contributed by atoms with Crippen molar-refractivity contribution >= 4 is 5.97 Å². The van der Waals surface area contributed by atoms with Crippen LogP contribution in [0.3, 0.4) is 0 Å². The van der Waals surface area contributed by atoms with E-state index in [1.807, 2.05) is 0 Å². The molecule has 0 amide bonds. The molecule has 0 aliphatic heterocycles. The fourth-order valence-corrected chi connectivity index (χ4v) is 6.80. The molecule has 0 aromatic carbocycles. The summed E-state index contributed by atoms with van der Waals surface area (Å²) >= 11 is 0. The summed E-state index contributed by atoms with van der Waals surface area (Å²) in [5.41, 5.74) is 0. The Bertz CT molecular complexity index is 516. The average molecular weight is 607 g/mol. The van der Waals surface area contributed by atoms with Gasteiger partial charge in [-0.1, -0.05) is 239 Å². The lowest BCUT2D eigenvalue weighted by Crippen LogP contribution is -2.13. The minimum Gasteiger partial charge on any atom is -0.481 e. The summed E-state index contributed by atoms with van der Waals surface area (Å²) in [7, 11) is 0. The highest BCUT2D eigenvalue weighted by molar-refractivity contribution is 5.69. The molecule has 0 heterocycles. The maximum absolute atomic E-state index is 11.7. The second kappa shape index (κ2) is 37.7. The number of hydrogen-bond donors (Lipinski definition) is 1. The van der Waals surface area contributed by atoms with Crippen molar-refractivity contribution in [3.05, 3.63) is 0 Å². The van der Waals surface area contributed by atoms with Gasteiger partial charge in [-0.25, -0.2) is 0 Å². The Balaban J connectivity index is 3.32. The zero-order chi connectivity index (χ0) is 31.3. The highest BCUT2D eigenvalue weighted by Gasteiger charge is 2.16. The van der Waals surface area contributed by atoms with Crippen LogP contribution in [0.1, 0.15) is 251 Å². The highest BCUT2D eigenvalue weighted by Crippen LogP contribution is 2.21. The van der Waals surface area contributed by atoms with E-state index in [-0.39, 0.29) is 5.92 Å². The molecule has 0 saturated heterocycles. The van der Waals surface area contributed by atoms with Gasteiger partial charge in [0.25, 0.3) is 0 Å². The maximum Gasteiger partial charge on any atom is 0.306 e. The van der Waals surface area contributed by atoms with Gasteiger partial charge in [0.1, 0.15) is 0 Å². The largest absolute Gasteiger partial charge is 0.481 e. The summed E-state index contributed by atoms with van der Waals surface area (Å²) in [5.74, 6) is -0.653. The predicted molar refractivity (Wildman–Crippen MR) is 193 cm³/mol. The number of carboxylic acids is 1. The fraction of sp³-hybridized carbons (Fsp3) is 0.976. The van der Waals surface area contributed by atoms with E-state index in [0.717, 1.165) is 25.7 Å². The first-order chi connectivity index (χ1) is 21.2. The number of unbranched alkanes of at least 4 members (excludes halogenated alkanes) is 33. The van der Waals surface area contributed by atoms with E-state index in [0.29, 0.717) is 0 Å². The van der Waals surface area contributed by atoms with Crippen molar-refractivity contribution in [1.29, 1.82) is 0 Å². The Morgan fingerprint density at radius 1 is 0.326 bits per heavy atom. The van der Waals surface area contributed by atoms with Crippen LogP contribution < -0.4 is 0 Å². The number of aliphatic carboxylic acids is 1. The van der Waals surface area contributed by atoms with Crippen LogP contribution in [-0.2, 0) is 4.79 Å². The van der Waals surface area contributed by atoms with Gasteiger partial charge >= 0.3 is 5.97 Å². The Morgan fingerprint density at radius 3 is 0.651 bits per heavy atom. The van der Waals surface area contributed by atoms with Crippen molar-refractivity contribution in [3.63, 3.8) is 0 Å². The smallest absolute Gasteiger partial charge is 0.306 e. The van der Waals surface area contributed by atoms with Crippen LogP contribution in [0, 0.1) is 5.92 Å². The molecule has 0 spiro atoms. The quantitative estimate of drug-likeness (QED) is 0.0710. The van der Waals surface area contributed by atoms with Crippen molar-refractivity contribution in [2.45, 2.75) is 251 Å². The van der Waals surface area contributed by atoms with Crippen molar-refractivity contribution in [3.8, 4) is 0 Å². The van der Waals surface area contributed by atoms with E-state index < -0.39 is 5.97 Å². The molecule has 1 unspecified atom stereocenters. The Labute approximate surface area is 272 Å². The molecule has 2 heteroatoms. The van der Waals surface area contributed by atoms with Gasteiger partial charge in [-0.05, 0) is 12.8 Å². The Hall–Kier alpha value is -0.530. The molecular weight excluding hydrogens is 524 g/mol.